The van der Waals surface area contributed by atoms with Crippen LogP contribution in [0.25, 0.3) is 0 Å². The van der Waals surface area contributed by atoms with E-state index in [-0.39, 0.29) is 16.8 Å². The van der Waals surface area contributed by atoms with E-state index in [1.165, 1.54) is 26.2 Å². The lowest BCUT2D eigenvalue weighted by Gasteiger charge is -2.23. The Kier molecular flexibility index (Phi) is 4.19. The van der Waals surface area contributed by atoms with Crippen LogP contribution in [0.2, 0.25) is 0 Å². The summed E-state index contributed by atoms with van der Waals surface area (Å²) in [5, 5.41) is 0. The predicted molar refractivity (Wildman–Crippen MR) is 93.7 cm³/mol. The number of rotatable bonds is 3. The summed E-state index contributed by atoms with van der Waals surface area (Å²) in [4.78, 5) is 14.9. The molecule has 0 aliphatic carbocycles. The average molecular weight is 344 g/mol. The van der Waals surface area contributed by atoms with Gasteiger partial charge in [0.2, 0.25) is 10.0 Å². The molecule has 1 atom stereocenters. The largest absolute Gasteiger partial charge is 0.305 e. The Hall–Kier alpha value is -2.18. The molecule has 1 amide bonds. The molecule has 3 rings (SSSR count). The molecule has 2 aromatic rings. The molecule has 0 radical (unpaired) electrons. The van der Waals surface area contributed by atoms with E-state index >= 15 is 0 Å². The number of carbonyl (C=O) groups is 1. The van der Waals surface area contributed by atoms with Crippen LogP contribution in [0.4, 0.5) is 5.69 Å². The molecule has 0 bridgehead atoms. The van der Waals surface area contributed by atoms with Crippen LogP contribution in [0.3, 0.4) is 0 Å². The monoisotopic (exact) mass is 344 g/mol. The summed E-state index contributed by atoms with van der Waals surface area (Å²) in [6.45, 7) is 2.00. The molecule has 0 saturated carbocycles. The molecule has 0 aromatic heterocycles. The van der Waals surface area contributed by atoms with Crippen LogP contribution in [-0.2, 0) is 16.4 Å². The van der Waals surface area contributed by atoms with Crippen LogP contribution in [0.5, 0.6) is 0 Å². The van der Waals surface area contributed by atoms with E-state index in [0.29, 0.717) is 5.56 Å². The second kappa shape index (κ2) is 6.03. The summed E-state index contributed by atoms with van der Waals surface area (Å²) < 4.78 is 25.7. The van der Waals surface area contributed by atoms with Crippen LogP contribution >= 0.6 is 0 Å². The van der Waals surface area contributed by atoms with Gasteiger partial charge in [0.15, 0.2) is 0 Å². The molecular formula is C18H20N2O3S. The van der Waals surface area contributed by atoms with Crippen molar-refractivity contribution in [3.63, 3.8) is 0 Å². The third-order valence-corrected chi connectivity index (χ3v) is 6.10. The van der Waals surface area contributed by atoms with E-state index < -0.39 is 10.0 Å². The number of amides is 1. The minimum absolute atomic E-state index is 0.0454. The molecule has 1 aliphatic heterocycles. The fourth-order valence-electron chi connectivity index (χ4n) is 3.01. The quantitative estimate of drug-likeness (QED) is 0.860. The summed E-state index contributed by atoms with van der Waals surface area (Å²) >= 11 is 0. The van der Waals surface area contributed by atoms with Crippen molar-refractivity contribution in [3.05, 3.63) is 59.7 Å². The summed E-state index contributed by atoms with van der Waals surface area (Å²) in [6, 6.07) is 14.1. The fourth-order valence-corrected chi connectivity index (χ4v) is 3.96. The maximum atomic E-state index is 13.0. The van der Waals surface area contributed by atoms with Gasteiger partial charge in [0.05, 0.1) is 4.90 Å². The van der Waals surface area contributed by atoms with Gasteiger partial charge >= 0.3 is 0 Å². The Morgan fingerprint density at radius 1 is 1.12 bits per heavy atom. The second-order valence-electron chi connectivity index (χ2n) is 6.17. The Bertz CT molecular complexity index is 891. The van der Waals surface area contributed by atoms with Crippen molar-refractivity contribution < 1.29 is 13.2 Å². The van der Waals surface area contributed by atoms with Crippen LogP contribution < -0.4 is 4.90 Å². The molecule has 2 aromatic carbocycles. The average Bonchev–Trinajstić information content (AvgIpc) is 2.90. The first-order valence-corrected chi connectivity index (χ1v) is 9.20. The molecule has 6 heteroatoms. The maximum absolute atomic E-state index is 13.0. The lowest BCUT2D eigenvalue weighted by Crippen LogP contribution is -2.35. The van der Waals surface area contributed by atoms with Gasteiger partial charge in [0, 0.05) is 31.4 Å². The van der Waals surface area contributed by atoms with Crippen molar-refractivity contribution in [1.82, 2.24) is 4.31 Å². The third kappa shape index (κ3) is 2.72. The zero-order valence-corrected chi connectivity index (χ0v) is 14.7. The Balaban J connectivity index is 2.00. The zero-order valence-electron chi connectivity index (χ0n) is 13.9. The second-order valence-corrected chi connectivity index (χ2v) is 8.32. The topological polar surface area (TPSA) is 57.7 Å². The van der Waals surface area contributed by atoms with Gasteiger partial charge < -0.3 is 4.90 Å². The summed E-state index contributed by atoms with van der Waals surface area (Å²) in [5.74, 6) is -0.178. The number of carbonyl (C=O) groups excluding carboxylic acids is 1. The summed E-state index contributed by atoms with van der Waals surface area (Å²) in [5.41, 5.74) is 2.41. The summed E-state index contributed by atoms with van der Waals surface area (Å²) in [6.07, 6.45) is 0.803. The fraction of sp³-hybridized carbons (Fsp3) is 0.278. The number of hydrogen-bond acceptors (Lipinski definition) is 3. The van der Waals surface area contributed by atoms with E-state index in [0.717, 1.165) is 22.0 Å². The van der Waals surface area contributed by atoms with E-state index in [4.69, 9.17) is 0 Å². The maximum Gasteiger partial charge on any atom is 0.258 e. The van der Waals surface area contributed by atoms with Crippen LogP contribution in [0.1, 0.15) is 22.8 Å². The molecular weight excluding hydrogens is 324 g/mol. The van der Waals surface area contributed by atoms with Gasteiger partial charge in [-0.15, -0.1) is 0 Å². The van der Waals surface area contributed by atoms with Crippen molar-refractivity contribution in [1.29, 1.82) is 0 Å². The first-order valence-electron chi connectivity index (χ1n) is 7.76. The summed E-state index contributed by atoms with van der Waals surface area (Å²) in [7, 11) is -0.618. The first-order chi connectivity index (χ1) is 11.3. The number of nitrogens with zero attached hydrogens (tertiary/aromatic N) is 2. The number of sulfonamides is 1. The number of benzene rings is 2. The van der Waals surface area contributed by atoms with Gasteiger partial charge in [-0.05, 0) is 43.2 Å². The normalized spacial score (nSPS) is 17.2. The predicted octanol–water partition coefficient (Wildman–Crippen LogP) is 2.53. The lowest BCUT2D eigenvalue weighted by molar-refractivity contribution is 0.0981. The van der Waals surface area contributed by atoms with Crippen LogP contribution in [-0.4, -0.2) is 38.8 Å². The van der Waals surface area contributed by atoms with Gasteiger partial charge in [-0.3, -0.25) is 4.79 Å². The molecule has 0 N–H and O–H groups in total. The van der Waals surface area contributed by atoms with Gasteiger partial charge in [-0.1, -0.05) is 24.3 Å². The van der Waals surface area contributed by atoms with E-state index in [1.54, 1.807) is 17.0 Å². The highest BCUT2D eigenvalue weighted by atomic mass is 32.2. The molecule has 126 valence electrons. The molecule has 0 spiro atoms. The standard InChI is InChI=1S/C18H20N2O3S/c1-13-11-14-7-4-5-10-17(14)20(13)18(21)15-8-6-9-16(12-15)24(22,23)19(2)3/h4-10,12-13H,11H2,1-3H3. The van der Waals surface area contributed by atoms with Crippen molar-refractivity contribution in [2.24, 2.45) is 0 Å². The number of para-hydroxylation sites is 1. The number of hydrogen-bond donors (Lipinski definition) is 0. The van der Waals surface area contributed by atoms with Crippen molar-refractivity contribution >= 4 is 21.6 Å². The number of fused-ring (bicyclic) bond motifs is 1. The first kappa shape index (κ1) is 16.7. The van der Waals surface area contributed by atoms with Gasteiger partial charge in [0.25, 0.3) is 5.91 Å². The number of anilines is 1. The molecule has 0 saturated heterocycles. The molecule has 0 fully saturated rings. The highest BCUT2D eigenvalue weighted by molar-refractivity contribution is 7.89. The van der Waals surface area contributed by atoms with E-state index in [2.05, 4.69) is 0 Å². The highest BCUT2D eigenvalue weighted by Gasteiger charge is 2.31. The lowest BCUT2D eigenvalue weighted by atomic mass is 10.1. The van der Waals surface area contributed by atoms with E-state index in [9.17, 15) is 13.2 Å². The molecule has 24 heavy (non-hydrogen) atoms. The third-order valence-electron chi connectivity index (χ3n) is 4.29. The SMILES string of the molecule is CC1Cc2ccccc2N1C(=O)c1cccc(S(=O)(=O)N(C)C)c1. The highest BCUT2D eigenvalue weighted by Crippen LogP contribution is 2.33. The van der Waals surface area contributed by atoms with E-state index in [1.807, 2.05) is 31.2 Å². The van der Waals surface area contributed by atoms with Gasteiger partial charge in [-0.25, -0.2) is 12.7 Å². The van der Waals surface area contributed by atoms with Crippen LogP contribution in [0.15, 0.2) is 53.4 Å². The van der Waals surface area contributed by atoms with Crippen LogP contribution in [0, 0.1) is 0 Å². The molecule has 5 nitrogen and oxygen atoms in total. The molecule has 1 heterocycles. The van der Waals surface area contributed by atoms with Crippen molar-refractivity contribution in [3.8, 4) is 0 Å². The minimum atomic E-state index is -3.57. The van der Waals surface area contributed by atoms with Crippen molar-refractivity contribution in [2.45, 2.75) is 24.3 Å². The smallest absolute Gasteiger partial charge is 0.258 e. The zero-order chi connectivity index (χ0) is 17.5. The Labute approximate surface area is 142 Å². The Morgan fingerprint density at radius 2 is 1.83 bits per heavy atom. The molecule has 1 aliphatic rings. The van der Waals surface area contributed by atoms with Gasteiger partial charge in [-0.2, -0.15) is 0 Å². The van der Waals surface area contributed by atoms with Gasteiger partial charge in [0.1, 0.15) is 0 Å². The Morgan fingerprint density at radius 3 is 2.54 bits per heavy atom. The van der Waals surface area contributed by atoms with Crippen molar-refractivity contribution in [2.75, 3.05) is 19.0 Å². The molecule has 1 unspecified atom stereocenters. The minimum Gasteiger partial charge on any atom is -0.305 e.